The molecule has 0 saturated heterocycles. The zero-order valence-corrected chi connectivity index (χ0v) is 12.7. The van der Waals surface area contributed by atoms with Gasteiger partial charge in [0.2, 0.25) is 0 Å². The van der Waals surface area contributed by atoms with Gasteiger partial charge in [-0.05, 0) is 61.4 Å². The predicted molar refractivity (Wildman–Crippen MR) is 82.9 cm³/mol. The maximum absolute atomic E-state index is 9.46. The van der Waals surface area contributed by atoms with E-state index in [4.69, 9.17) is 9.47 Å². The molecular weight excluding hydrogens is 266 g/mol. The molecule has 0 unspecified atom stereocenters. The normalized spacial score (nSPS) is 10.1. The van der Waals surface area contributed by atoms with Crippen LogP contribution in [0.5, 0.6) is 11.5 Å². The van der Waals surface area contributed by atoms with Gasteiger partial charge in [0.25, 0.3) is 0 Å². The number of hydrogen-bond acceptors (Lipinski definition) is 4. The van der Waals surface area contributed by atoms with Crippen LogP contribution in [-0.2, 0) is 0 Å². The van der Waals surface area contributed by atoms with Gasteiger partial charge in [-0.25, -0.2) is 0 Å². The number of ether oxygens (including phenoxy) is 2. The highest BCUT2D eigenvalue weighted by atomic mass is 16.5. The van der Waals surface area contributed by atoms with Gasteiger partial charge in [0.1, 0.15) is 17.2 Å². The molecule has 0 aromatic heterocycles. The molecule has 4 nitrogen and oxygen atoms in total. The van der Waals surface area contributed by atoms with Crippen molar-refractivity contribution in [2.45, 2.75) is 13.8 Å². The first kappa shape index (κ1) is 14.9. The largest absolute Gasteiger partial charge is 0.497 e. The quantitative estimate of drug-likeness (QED) is 0.531. The van der Waals surface area contributed by atoms with E-state index in [1.165, 1.54) is 0 Å². The Morgan fingerprint density at radius 2 is 1.29 bits per heavy atom. The van der Waals surface area contributed by atoms with Crippen LogP contribution in [0.15, 0.2) is 41.6 Å². The molecule has 0 bridgehead atoms. The average Bonchev–Trinajstić information content (AvgIpc) is 2.50. The van der Waals surface area contributed by atoms with Crippen molar-refractivity contribution in [1.82, 2.24) is 0 Å². The SMILES string of the molecule is COc1ccc(C(=NO)c2ccc(OC)cc2C)c(C)c1. The fourth-order valence-corrected chi connectivity index (χ4v) is 2.31. The Bertz CT molecular complexity index is 622. The van der Waals surface area contributed by atoms with Gasteiger partial charge in [0.05, 0.1) is 14.2 Å². The lowest BCUT2D eigenvalue weighted by Crippen LogP contribution is -2.08. The van der Waals surface area contributed by atoms with E-state index in [0.717, 1.165) is 33.8 Å². The summed E-state index contributed by atoms with van der Waals surface area (Å²) in [4.78, 5) is 0. The lowest BCUT2D eigenvalue weighted by Gasteiger charge is -2.13. The number of rotatable bonds is 4. The molecule has 110 valence electrons. The van der Waals surface area contributed by atoms with Crippen LogP contribution >= 0.6 is 0 Å². The smallest absolute Gasteiger partial charge is 0.119 e. The Balaban J connectivity index is 2.50. The van der Waals surface area contributed by atoms with Crippen molar-refractivity contribution in [1.29, 1.82) is 0 Å². The average molecular weight is 285 g/mol. The van der Waals surface area contributed by atoms with Crippen LogP contribution in [0.4, 0.5) is 0 Å². The second-order valence-corrected chi connectivity index (χ2v) is 4.81. The van der Waals surface area contributed by atoms with Crippen LogP contribution in [0.2, 0.25) is 0 Å². The minimum absolute atomic E-state index is 0.537. The Kier molecular flexibility index (Phi) is 4.48. The first-order chi connectivity index (χ1) is 10.1. The molecule has 1 N–H and O–H groups in total. The van der Waals surface area contributed by atoms with E-state index in [2.05, 4.69) is 5.16 Å². The number of benzene rings is 2. The maximum atomic E-state index is 9.46. The van der Waals surface area contributed by atoms with Gasteiger partial charge in [0, 0.05) is 11.1 Å². The van der Waals surface area contributed by atoms with Crippen molar-refractivity contribution in [2.24, 2.45) is 5.16 Å². The number of nitrogens with zero attached hydrogens (tertiary/aromatic N) is 1. The molecule has 0 amide bonds. The number of methoxy groups -OCH3 is 2. The summed E-state index contributed by atoms with van der Waals surface area (Å²) in [5.74, 6) is 1.56. The van der Waals surface area contributed by atoms with Crippen LogP contribution in [0, 0.1) is 13.8 Å². The van der Waals surface area contributed by atoms with Crippen LogP contribution in [-0.4, -0.2) is 25.1 Å². The summed E-state index contributed by atoms with van der Waals surface area (Å²) < 4.78 is 10.4. The molecule has 0 heterocycles. The minimum Gasteiger partial charge on any atom is -0.497 e. The molecule has 2 rings (SSSR count). The summed E-state index contributed by atoms with van der Waals surface area (Å²) in [6, 6.07) is 11.3. The van der Waals surface area contributed by atoms with Crippen molar-refractivity contribution in [3.63, 3.8) is 0 Å². The van der Waals surface area contributed by atoms with E-state index in [-0.39, 0.29) is 0 Å². The van der Waals surface area contributed by atoms with E-state index in [1.807, 2.05) is 50.2 Å². The zero-order valence-electron chi connectivity index (χ0n) is 12.7. The minimum atomic E-state index is 0.537. The van der Waals surface area contributed by atoms with E-state index in [0.29, 0.717) is 5.71 Å². The Hall–Kier alpha value is -2.49. The monoisotopic (exact) mass is 285 g/mol. The molecule has 2 aromatic rings. The molecule has 0 fully saturated rings. The van der Waals surface area contributed by atoms with Gasteiger partial charge in [-0.3, -0.25) is 0 Å². The zero-order chi connectivity index (χ0) is 15.4. The number of aryl methyl sites for hydroxylation is 2. The topological polar surface area (TPSA) is 51.0 Å². The van der Waals surface area contributed by atoms with E-state index in [9.17, 15) is 5.21 Å². The fourth-order valence-electron chi connectivity index (χ4n) is 2.31. The van der Waals surface area contributed by atoms with Crippen LogP contribution < -0.4 is 9.47 Å². The van der Waals surface area contributed by atoms with Crippen molar-refractivity contribution >= 4 is 5.71 Å². The summed E-state index contributed by atoms with van der Waals surface area (Å²) in [7, 11) is 3.26. The lowest BCUT2D eigenvalue weighted by atomic mass is 9.95. The van der Waals surface area contributed by atoms with Crippen molar-refractivity contribution in [3.05, 3.63) is 58.7 Å². The summed E-state index contributed by atoms with van der Waals surface area (Å²) in [5, 5.41) is 13.0. The van der Waals surface area contributed by atoms with Crippen molar-refractivity contribution in [3.8, 4) is 11.5 Å². The van der Waals surface area contributed by atoms with Crippen molar-refractivity contribution in [2.75, 3.05) is 14.2 Å². The summed E-state index contributed by atoms with van der Waals surface area (Å²) in [6.07, 6.45) is 0. The highest BCUT2D eigenvalue weighted by molar-refractivity contribution is 6.14. The third-order valence-corrected chi connectivity index (χ3v) is 3.48. The second-order valence-electron chi connectivity index (χ2n) is 4.81. The Morgan fingerprint density at radius 1 is 0.857 bits per heavy atom. The fraction of sp³-hybridized carbons (Fsp3) is 0.235. The summed E-state index contributed by atoms with van der Waals surface area (Å²) >= 11 is 0. The van der Waals surface area contributed by atoms with E-state index in [1.54, 1.807) is 14.2 Å². The second kappa shape index (κ2) is 6.31. The van der Waals surface area contributed by atoms with E-state index < -0.39 is 0 Å². The van der Waals surface area contributed by atoms with Crippen molar-refractivity contribution < 1.29 is 14.7 Å². The highest BCUT2D eigenvalue weighted by Gasteiger charge is 2.14. The highest BCUT2D eigenvalue weighted by Crippen LogP contribution is 2.24. The maximum Gasteiger partial charge on any atom is 0.119 e. The van der Waals surface area contributed by atoms with Crippen LogP contribution in [0.1, 0.15) is 22.3 Å². The lowest BCUT2D eigenvalue weighted by molar-refractivity contribution is 0.319. The molecular formula is C17H19NO3. The molecule has 4 heteroatoms. The van der Waals surface area contributed by atoms with Gasteiger partial charge < -0.3 is 14.7 Å². The van der Waals surface area contributed by atoms with Crippen LogP contribution in [0.25, 0.3) is 0 Å². The third-order valence-electron chi connectivity index (χ3n) is 3.48. The first-order valence-corrected chi connectivity index (χ1v) is 6.62. The molecule has 2 aromatic carbocycles. The predicted octanol–water partition coefficient (Wildman–Crippen LogP) is 3.55. The Labute approximate surface area is 124 Å². The first-order valence-electron chi connectivity index (χ1n) is 6.62. The molecule has 0 aliphatic rings. The van der Waals surface area contributed by atoms with Crippen LogP contribution in [0.3, 0.4) is 0 Å². The molecule has 0 saturated carbocycles. The molecule has 0 aliphatic carbocycles. The van der Waals surface area contributed by atoms with Gasteiger partial charge >= 0.3 is 0 Å². The third kappa shape index (κ3) is 2.99. The molecule has 0 radical (unpaired) electrons. The van der Waals surface area contributed by atoms with Gasteiger partial charge in [-0.2, -0.15) is 0 Å². The van der Waals surface area contributed by atoms with Gasteiger partial charge in [-0.15, -0.1) is 0 Å². The summed E-state index contributed by atoms with van der Waals surface area (Å²) in [5.41, 5.74) is 4.24. The van der Waals surface area contributed by atoms with E-state index >= 15 is 0 Å². The van der Waals surface area contributed by atoms with Gasteiger partial charge in [0.15, 0.2) is 0 Å². The summed E-state index contributed by atoms with van der Waals surface area (Å²) in [6.45, 7) is 3.92. The molecule has 21 heavy (non-hydrogen) atoms. The molecule has 0 atom stereocenters. The molecule has 0 aliphatic heterocycles. The Morgan fingerprint density at radius 3 is 1.57 bits per heavy atom. The number of hydrogen-bond donors (Lipinski definition) is 1. The van der Waals surface area contributed by atoms with Gasteiger partial charge in [-0.1, -0.05) is 5.16 Å². The standard InChI is InChI=1S/C17H19NO3/c1-11-9-13(20-3)5-7-15(11)17(18-19)16-8-6-14(21-4)10-12(16)2/h5-10,19H,1-4H3. The molecule has 0 spiro atoms. The number of oxime groups is 1.